The van der Waals surface area contributed by atoms with Gasteiger partial charge in [-0.1, -0.05) is 11.6 Å². The summed E-state index contributed by atoms with van der Waals surface area (Å²) in [6, 6.07) is 8.35. The van der Waals surface area contributed by atoms with Gasteiger partial charge < -0.3 is 19.1 Å². The summed E-state index contributed by atoms with van der Waals surface area (Å²) in [6.45, 7) is 1.68. The van der Waals surface area contributed by atoms with Gasteiger partial charge in [0, 0.05) is 24.7 Å². The molecule has 1 atom stereocenters. The van der Waals surface area contributed by atoms with Gasteiger partial charge >= 0.3 is 5.97 Å². The number of carbonyl (C=O) groups is 1. The maximum absolute atomic E-state index is 15.3. The third kappa shape index (κ3) is 5.27. The predicted octanol–water partition coefficient (Wildman–Crippen LogP) is 5.00. The molecule has 2 aliphatic rings. The van der Waals surface area contributed by atoms with Crippen LogP contribution in [-0.4, -0.2) is 49.8 Å². The van der Waals surface area contributed by atoms with Gasteiger partial charge in [-0.25, -0.2) is 27.9 Å². The minimum atomic E-state index is -1.36. The number of aromatic carboxylic acids is 1. The first-order chi connectivity index (χ1) is 20.2. The SMILES string of the molecule is N#Cc1cc2c(nc1OCc1c(F)cc(Cl)cc1F)CN(Cc1nc3ccc(C(=O)O)c(F)c3n1C[C@@H]1CCO1)CC2. The fourth-order valence-corrected chi connectivity index (χ4v) is 5.41. The Labute approximate surface area is 242 Å². The van der Waals surface area contributed by atoms with Crippen molar-refractivity contribution in [1.29, 1.82) is 5.26 Å². The van der Waals surface area contributed by atoms with Gasteiger partial charge in [-0.2, -0.15) is 5.26 Å². The number of ether oxygens (including phenoxy) is 2. The van der Waals surface area contributed by atoms with E-state index in [1.54, 1.807) is 10.6 Å². The second-order valence-electron chi connectivity index (χ2n) is 10.2. The average Bonchev–Trinajstić information content (AvgIpc) is 3.27. The smallest absolute Gasteiger partial charge is 0.338 e. The molecule has 0 amide bonds. The lowest BCUT2D eigenvalue weighted by molar-refractivity contribution is -0.0592. The van der Waals surface area contributed by atoms with E-state index in [0.29, 0.717) is 56.2 Å². The Kier molecular flexibility index (Phi) is 7.49. The van der Waals surface area contributed by atoms with Crippen molar-refractivity contribution in [2.24, 2.45) is 0 Å². The molecule has 0 aliphatic carbocycles. The highest BCUT2D eigenvalue weighted by Crippen LogP contribution is 2.29. The Bertz CT molecular complexity index is 1750. The monoisotopic (exact) mass is 597 g/mol. The maximum Gasteiger partial charge on any atom is 0.338 e. The third-order valence-corrected chi connectivity index (χ3v) is 7.73. The van der Waals surface area contributed by atoms with Gasteiger partial charge in [0.1, 0.15) is 41.2 Å². The van der Waals surface area contributed by atoms with Crippen molar-refractivity contribution in [3.05, 3.63) is 86.6 Å². The Hall–Kier alpha value is -4.18. The number of rotatable bonds is 8. The summed E-state index contributed by atoms with van der Waals surface area (Å²) in [5.74, 6) is -3.45. The van der Waals surface area contributed by atoms with Crippen molar-refractivity contribution in [3.63, 3.8) is 0 Å². The van der Waals surface area contributed by atoms with Crippen LogP contribution >= 0.6 is 11.6 Å². The van der Waals surface area contributed by atoms with E-state index in [4.69, 9.17) is 21.1 Å². The average molecular weight is 598 g/mol. The highest BCUT2D eigenvalue weighted by Gasteiger charge is 2.28. The molecule has 2 aliphatic heterocycles. The lowest BCUT2D eigenvalue weighted by atomic mass is 10.0. The number of aromatic nitrogens is 3. The molecule has 4 heterocycles. The van der Waals surface area contributed by atoms with Gasteiger partial charge in [0.25, 0.3) is 0 Å². The summed E-state index contributed by atoms with van der Waals surface area (Å²) < 4.78 is 56.7. The topological polar surface area (TPSA) is 114 Å². The Balaban J connectivity index is 1.27. The molecule has 2 aromatic heterocycles. The van der Waals surface area contributed by atoms with Crippen LogP contribution in [0.3, 0.4) is 0 Å². The Morgan fingerprint density at radius 1 is 1.21 bits per heavy atom. The number of benzene rings is 2. The number of pyridine rings is 1. The van der Waals surface area contributed by atoms with Crippen molar-refractivity contribution >= 4 is 28.6 Å². The summed E-state index contributed by atoms with van der Waals surface area (Å²) in [4.78, 5) is 22.8. The van der Waals surface area contributed by atoms with E-state index < -0.39 is 35.6 Å². The largest absolute Gasteiger partial charge is 0.478 e. The van der Waals surface area contributed by atoms with Crippen molar-refractivity contribution < 1.29 is 32.5 Å². The molecule has 42 heavy (non-hydrogen) atoms. The Morgan fingerprint density at radius 2 is 1.98 bits per heavy atom. The zero-order valence-electron chi connectivity index (χ0n) is 22.0. The van der Waals surface area contributed by atoms with E-state index in [-0.39, 0.29) is 33.7 Å². The van der Waals surface area contributed by atoms with Gasteiger partial charge in [0.05, 0.1) is 41.5 Å². The number of hydrogen-bond acceptors (Lipinski definition) is 7. The van der Waals surface area contributed by atoms with Crippen molar-refractivity contribution in [1.82, 2.24) is 19.4 Å². The number of carboxylic acids is 1. The molecular weight excluding hydrogens is 575 g/mol. The van der Waals surface area contributed by atoms with E-state index >= 15 is 4.39 Å². The number of carboxylic acid groups (broad SMARTS) is 1. The zero-order valence-corrected chi connectivity index (χ0v) is 22.8. The van der Waals surface area contributed by atoms with Crippen LogP contribution in [0.1, 0.15) is 45.0 Å². The normalized spacial score (nSPS) is 16.6. The van der Waals surface area contributed by atoms with E-state index in [9.17, 15) is 23.9 Å². The molecule has 6 rings (SSSR count). The summed E-state index contributed by atoms with van der Waals surface area (Å²) >= 11 is 5.70. The first-order valence-corrected chi connectivity index (χ1v) is 13.5. The minimum absolute atomic E-state index is 0.0514. The number of halogens is 4. The van der Waals surface area contributed by atoms with E-state index in [1.807, 2.05) is 11.0 Å². The molecule has 216 valence electrons. The number of nitriles is 1. The standard InChI is InChI=1S/C29H23ClF3N5O4/c30-17-8-21(31)20(22(32)9-17)14-42-28-16(10-34)7-15-3-5-37(12-24(15)36-28)13-25-35-23-2-1-19(29(39)40)26(33)27(23)38(25)11-18-4-6-41-18/h1-2,7-9,18H,3-6,11-14H2,(H,39,40)/t18-/m0/s1. The van der Waals surface area contributed by atoms with Gasteiger partial charge in [-0.3, -0.25) is 4.90 Å². The molecule has 0 unspecified atom stereocenters. The molecule has 4 aromatic rings. The summed E-state index contributed by atoms with van der Waals surface area (Å²) in [5, 5.41) is 19.0. The number of fused-ring (bicyclic) bond motifs is 2. The van der Waals surface area contributed by atoms with Gasteiger partial charge in [-0.15, -0.1) is 0 Å². The molecule has 9 nitrogen and oxygen atoms in total. The van der Waals surface area contributed by atoms with E-state index in [1.165, 1.54) is 12.1 Å². The van der Waals surface area contributed by atoms with Gasteiger partial charge in [0.15, 0.2) is 5.82 Å². The number of hydrogen-bond donors (Lipinski definition) is 1. The second-order valence-corrected chi connectivity index (χ2v) is 10.6. The van der Waals surface area contributed by atoms with Crippen LogP contribution in [0.2, 0.25) is 5.02 Å². The third-order valence-electron chi connectivity index (χ3n) is 7.51. The minimum Gasteiger partial charge on any atom is -0.478 e. The van der Waals surface area contributed by atoms with Crippen molar-refractivity contribution in [3.8, 4) is 11.9 Å². The van der Waals surface area contributed by atoms with Crippen LogP contribution in [0.5, 0.6) is 5.88 Å². The molecule has 1 saturated heterocycles. The zero-order chi connectivity index (χ0) is 29.5. The first-order valence-electron chi connectivity index (χ1n) is 13.2. The highest BCUT2D eigenvalue weighted by atomic mass is 35.5. The number of imidazole rings is 1. The van der Waals surface area contributed by atoms with Crippen LogP contribution in [0, 0.1) is 28.8 Å². The molecular formula is C29H23ClF3N5O4. The van der Waals surface area contributed by atoms with Crippen LogP contribution < -0.4 is 4.74 Å². The quantitative estimate of drug-likeness (QED) is 0.302. The van der Waals surface area contributed by atoms with Crippen molar-refractivity contribution in [2.45, 2.75) is 45.2 Å². The first kappa shape index (κ1) is 28.0. The van der Waals surface area contributed by atoms with Crippen molar-refractivity contribution in [2.75, 3.05) is 13.2 Å². The highest BCUT2D eigenvalue weighted by molar-refractivity contribution is 6.30. The van der Waals surface area contributed by atoms with Crippen LogP contribution in [0.4, 0.5) is 13.2 Å². The van der Waals surface area contributed by atoms with E-state index in [0.717, 1.165) is 24.1 Å². The van der Waals surface area contributed by atoms with E-state index in [2.05, 4.69) is 9.97 Å². The maximum atomic E-state index is 15.3. The molecule has 0 bridgehead atoms. The van der Waals surface area contributed by atoms with Crippen LogP contribution in [0.25, 0.3) is 11.0 Å². The molecule has 0 spiro atoms. The predicted molar refractivity (Wildman–Crippen MR) is 143 cm³/mol. The molecule has 2 aromatic carbocycles. The molecule has 1 fully saturated rings. The lowest BCUT2D eigenvalue weighted by Crippen LogP contribution is -2.34. The summed E-state index contributed by atoms with van der Waals surface area (Å²) in [7, 11) is 0. The fourth-order valence-electron chi connectivity index (χ4n) is 5.22. The summed E-state index contributed by atoms with van der Waals surface area (Å²) in [5.41, 5.74) is 1.30. The van der Waals surface area contributed by atoms with Crippen LogP contribution in [-0.2, 0) is 37.4 Å². The lowest BCUT2D eigenvalue weighted by Gasteiger charge is -2.30. The molecule has 0 radical (unpaired) electrons. The Morgan fingerprint density at radius 3 is 2.64 bits per heavy atom. The number of nitrogens with zero attached hydrogens (tertiary/aromatic N) is 5. The fraction of sp³-hybridized carbons (Fsp3) is 0.310. The second kappa shape index (κ2) is 11.2. The molecule has 0 saturated carbocycles. The van der Waals surface area contributed by atoms with Crippen LogP contribution in [0.15, 0.2) is 30.3 Å². The molecule has 13 heteroatoms. The van der Waals surface area contributed by atoms with Gasteiger partial charge in [0.2, 0.25) is 5.88 Å². The van der Waals surface area contributed by atoms with Gasteiger partial charge in [-0.05, 0) is 48.7 Å². The molecule has 1 N–H and O–H groups in total. The summed E-state index contributed by atoms with van der Waals surface area (Å²) in [6.07, 6.45) is 1.23.